The second kappa shape index (κ2) is 7.33. The van der Waals surface area contributed by atoms with E-state index in [0.29, 0.717) is 24.3 Å². The molecule has 5 heteroatoms. The van der Waals surface area contributed by atoms with E-state index < -0.39 is 0 Å². The fraction of sp³-hybridized carbons (Fsp3) is 0.286. The van der Waals surface area contributed by atoms with Gasteiger partial charge in [-0.2, -0.15) is 0 Å². The predicted octanol–water partition coefficient (Wildman–Crippen LogP) is 1.14. The van der Waals surface area contributed by atoms with E-state index in [2.05, 4.69) is 17.2 Å². The molecular formula is C14H19N3O2. The number of amides is 2. The molecule has 0 spiro atoms. The quantitative estimate of drug-likeness (QED) is 0.671. The standard InChI is InChI=1S/C14H19N3O2/c1-3-8-16-14(19)11-4-6-12(7-5-11)17-13(18)10(2)9-15/h3-7,10H,1,8-9,15H2,2H3,(H,16,19)(H,17,18). The normalized spacial score (nSPS) is 11.5. The molecule has 0 bridgehead atoms. The van der Waals surface area contributed by atoms with Gasteiger partial charge in [-0.3, -0.25) is 9.59 Å². The highest BCUT2D eigenvalue weighted by Gasteiger charge is 2.11. The lowest BCUT2D eigenvalue weighted by Crippen LogP contribution is -2.26. The first-order chi connectivity index (χ1) is 9.08. The third kappa shape index (κ3) is 4.56. The van der Waals surface area contributed by atoms with Crippen LogP contribution in [-0.2, 0) is 4.79 Å². The SMILES string of the molecule is C=CCNC(=O)c1ccc(NC(=O)C(C)CN)cc1. The van der Waals surface area contributed by atoms with Crippen molar-refractivity contribution in [2.45, 2.75) is 6.92 Å². The minimum atomic E-state index is -0.240. The molecule has 0 heterocycles. The third-order valence-electron chi connectivity index (χ3n) is 2.62. The van der Waals surface area contributed by atoms with Crippen LogP contribution in [0.15, 0.2) is 36.9 Å². The fourth-order valence-corrected chi connectivity index (χ4v) is 1.34. The van der Waals surface area contributed by atoms with E-state index in [1.165, 1.54) is 0 Å². The smallest absolute Gasteiger partial charge is 0.251 e. The van der Waals surface area contributed by atoms with Crippen LogP contribution in [0.5, 0.6) is 0 Å². The topological polar surface area (TPSA) is 84.2 Å². The van der Waals surface area contributed by atoms with Gasteiger partial charge >= 0.3 is 0 Å². The molecule has 0 radical (unpaired) electrons. The van der Waals surface area contributed by atoms with Gasteiger partial charge in [0.05, 0.1) is 0 Å². The molecule has 0 saturated carbocycles. The van der Waals surface area contributed by atoms with E-state index in [9.17, 15) is 9.59 Å². The Morgan fingerprint density at radius 3 is 2.53 bits per heavy atom. The lowest BCUT2D eigenvalue weighted by atomic mass is 10.1. The zero-order valence-corrected chi connectivity index (χ0v) is 11.0. The molecule has 102 valence electrons. The van der Waals surface area contributed by atoms with Crippen LogP contribution in [0.4, 0.5) is 5.69 Å². The van der Waals surface area contributed by atoms with E-state index in [1.807, 2.05) is 0 Å². The number of carbonyl (C=O) groups excluding carboxylic acids is 2. The number of carbonyl (C=O) groups is 2. The van der Waals surface area contributed by atoms with E-state index in [0.717, 1.165) is 0 Å². The van der Waals surface area contributed by atoms with E-state index in [4.69, 9.17) is 5.73 Å². The lowest BCUT2D eigenvalue weighted by Gasteiger charge is -2.10. The molecule has 1 unspecified atom stereocenters. The molecule has 1 atom stereocenters. The molecule has 19 heavy (non-hydrogen) atoms. The third-order valence-corrected chi connectivity index (χ3v) is 2.62. The zero-order valence-electron chi connectivity index (χ0n) is 11.0. The summed E-state index contributed by atoms with van der Waals surface area (Å²) in [6.45, 7) is 6.00. The first-order valence-electron chi connectivity index (χ1n) is 6.08. The van der Waals surface area contributed by atoms with Crippen LogP contribution in [0.1, 0.15) is 17.3 Å². The van der Waals surface area contributed by atoms with Gasteiger partial charge in [-0.25, -0.2) is 0 Å². The largest absolute Gasteiger partial charge is 0.349 e. The zero-order chi connectivity index (χ0) is 14.3. The molecular weight excluding hydrogens is 242 g/mol. The number of anilines is 1. The van der Waals surface area contributed by atoms with Gasteiger partial charge in [0.1, 0.15) is 0 Å². The van der Waals surface area contributed by atoms with Gasteiger partial charge < -0.3 is 16.4 Å². The van der Waals surface area contributed by atoms with Crippen molar-refractivity contribution in [3.8, 4) is 0 Å². The molecule has 1 aromatic rings. The highest BCUT2D eigenvalue weighted by molar-refractivity contribution is 5.96. The Kier molecular flexibility index (Phi) is 5.75. The molecule has 0 aromatic heterocycles. The summed E-state index contributed by atoms with van der Waals surface area (Å²) in [4.78, 5) is 23.3. The Labute approximate surface area is 112 Å². The molecule has 4 N–H and O–H groups in total. The first kappa shape index (κ1) is 14.9. The highest BCUT2D eigenvalue weighted by Crippen LogP contribution is 2.10. The van der Waals surface area contributed by atoms with Crippen LogP contribution in [0.3, 0.4) is 0 Å². The van der Waals surface area contributed by atoms with Crippen LogP contribution >= 0.6 is 0 Å². The highest BCUT2D eigenvalue weighted by atomic mass is 16.2. The van der Waals surface area contributed by atoms with Crippen molar-refractivity contribution in [3.05, 3.63) is 42.5 Å². The van der Waals surface area contributed by atoms with Gasteiger partial charge in [-0.1, -0.05) is 13.0 Å². The van der Waals surface area contributed by atoms with Gasteiger partial charge in [-0.05, 0) is 24.3 Å². The number of hydrogen-bond donors (Lipinski definition) is 3. The Bertz CT molecular complexity index is 454. The monoisotopic (exact) mass is 261 g/mol. The van der Waals surface area contributed by atoms with E-state index >= 15 is 0 Å². The van der Waals surface area contributed by atoms with Crippen LogP contribution in [0, 0.1) is 5.92 Å². The summed E-state index contributed by atoms with van der Waals surface area (Å²) in [5.74, 6) is -0.546. The molecule has 5 nitrogen and oxygen atoms in total. The Balaban J connectivity index is 2.63. The lowest BCUT2D eigenvalue weighted by molar-refractivity contribution is -0.119. The van der Waals surface area contributed by atoms with E-state index in [1.54, 1.807) is 37.3 Å². The van der Waals surface area contributed by atoms with Crippen LogP contribution < -0.4 is 16.4 Å². The summed E-state index contributed by atoms with van der Waals surface area (Å²) in [5, 5.41) is 5.41. The van der Waals surface area contributed by atoms with Gasteiger partial charge in [0, 0.05) is 30.3 Å². The maximum absolute atomic E-state index is 11.6. The van der Waals surface area contributed by atoms with Gasteiger partial charge in [0.2, 0.25) is 5.91 Å². The maximum atomic E-state index is 11.6. The number of nitrogens with two attached hydrogens (primary N) is 1. The van der Waals surface area contributed by atoms with Crippen LogP contribution in [-0.4, -0.2) is 24.9 Å². The molecule has 0 saturated heterocycles. The molecule has 2 amide bonds. The average Bonchev–Trinajstić information content (AvgIpc) is 2.44. The molecule has 1 aromatic carbocycles. The second-order valence-electron chi connectivity index (χ2n) is 4.20. The maximum Gasteiger partial charge on any atom is 0.251 e. The molecule has 0 fully saturated rings. The summed E-state index contributed by atoms with van der Waals surface area (Å²) in [6.07, 6.45) is 1.61. The molecule has 0 aliphatic carbocycles. The van der Waals surface area contributed by atoms with E-state index in [-0.39, 0.29) is 17.7 Å². The average molecular weight is 261 g/mol. The van der Waals surface area contributed by atoms with Crippen molar-refractivity contribution in [3.63, 3.8) is 0 Å². The van der Waals surface area contributed by atoms with Crippen LogP contribution in [0.2, 0.25) is 0 Å². The minimum Gasteiger partial charge on any atom is -0.349 e. The molecule has 0 aliphatic rings. The number of rotatable bonds is 6. The number of nitrogens with one attached hydrogen (secondary N) is 2. The summed E-state index contributed by atoms with van der Waals surface area (Å²) in [7, 11) is 0. The van der Waals surface area contributed by atoms with Gasteiger partial charge in [0.25, 0.3) is 5.91 Å². The van der Waals surface area contributed by atoms with Crippen molar-refractivity contribution in [2.24, 2.45) is 11.7 Å². The van der Waals surface area contributed by atoms with Crippen molar-refractivity contribution >= 4 is 17.5 Å². The van der Waals surface area contributed by atoms with Gasteiger partial charge in [0.15, 0.2) is 0 Å². The Hall–Kier alpha value is -2.14. The van der Waals surface area contributed by atoms with Crippen molar-refractivity contribution in [1.82, 2.24) is 5.32 Å². The summed E-state index contributed by atoms with van der Waals surface area (Å²) >= 11 is 0. The van der Waals surface area contributed by atoms with Crippen molar-refractivity contribution in [1.29, 1.82) is 0 Å². The summed E-state index contributed by atoms with van der Waals surface area (Å²) in [5.41, 5.74) is 6.59. The Morgan fingerprint density at radius 2 is 2.00 bits per heavy atom. The molecule has 1 rings (SSSR count). The van der Waals surface area contributed by atoms with Crippen LogP contribution in [0.25, 0.3) is 0 Å². The first-order valence-corrected chi connectivity index (χ1v) is 6.08. The minimum absolute atomic E-state index is 0.133. The van der Waals surface area contributed by atoms with Gasteiger partial charge in [-0.15, -0.1) is 6.58 Å². The fourth-order valence-electron chi connectivity index (χ4n) is 1.34. The summed E-state index contributed by atoms with van der Waals surface area (Å²) in [6, 6.07) is 6.68. The van der Waals surface area contributed by atoms with Crippen molar-refractivity contribution < 1.29 is 9.59 Å². The number of hydrogen-bond acceptors (Lipinski definition) is 3. The number of benzene rings is 1. The van der Waals surface area contributed by atoms with Crippen molar-refractivity contribution in [2.75, 3.05) is 18.4 Å². The predicted molar refractivity (Wildman–Crippen MR) is 75.8 cm³/mol. The Morgan fingerprint density at radius 1 is 1.37 bits per heavy atom. The molecule has 0 aliphatic heterocycles. The summed E-state index contributed by atoms with van der Waals surface area (Å²) < 4.78 is 0. The second-order valence-corrected chi connectivity index (χ2v) is 4.20.